The minimum Gasteiger partial charge on any atom is -0.320 e. The second-order valence-corrected chi connectivity index (χ2v) is 6.13. The van der Waals surface area contributed by atoms with Crippen LogP contribution in [0, 0.1) is 0 Å². The van der Waals surface area contributed by atoms with Crippen molar-refractivity contribution in [3.05, 3.63) is 11.0 Å². The van der Waals surface area contributed by atoms with Crippen LogP contribution in [0.4, 0.5) is 0 Å². The highest BCUT2D eigenvalue weighted by atomic mass is 31.2. The molecule has 5 nitrogen and oxygen atoms in total. The largest absolute Gasteiger partial charge is 0.376 e. The van der Waals surface area contributed by atoms with Crippen LogP contribution in [0.1, 0.15) is 46.5 Å². The first-order valence-corrected chi connectivity index (χ1v) is 7.71. The van der Waals surface area contributed by atoms with E-state index >= 15 is 0 Å². The van der Waals surface area contributed by atoms with Crippen molar-refractivity contribution in [2.24, 2.45) is 0 Å². The van der Waals surface area contributed by atoms with Gasteiger partial charge in [-0.15, -0.1) is 0 Å². The molecule has 0 aliphatic carbocycles. The van der Waals surface area contributed by atoms with Crippen molar-refractivity contribution in [3.63, 3.8) is 0 Å². The van der Waals surface area contributed by atoms with Gasteiger partial charge in [0.15, 0.2) is 0 Å². The van der Waals surface area contributed by atoms with Crippen LogP contribution in [0.5, 0.6) is 0 Å². The number of rotatable bonds is 8. The Hall–Kier alpha value is -0.640. The van der Waals surface area contributed by atoms with Crippen LogP contribution in [0.3, 0.4) is 0 Å². The van der Waals surface area contributed by atoms with E-state index in [4.69, 9.17) is 9.05 Å². The molecule has 0 aliphatic heterocycles. The fourth-order valence-electron chi connectivity index (χ4n) is 1.63. The van der Waals surface area contributed by atoms with E-state index < -0.39 is 7.60 Å². The summed E-state index contributed by atoms with van der Waals surface area (Å²) in [6.07, 6.45) is 3.48. The number of unbranched alkanes of at least 4 members (excludes halogenated alkanes) is 1. The van der Waals surface area contributed by atoms with Gasteiger partial charge >= 0.3 is 7.60 Å². The molecule has 0 radical (unpaired) electrons. The quantitative estimate of drug-likeness (QED) is 0.690. The molecule has 0 fully saturated rings. The normalized spacial score (nSPS) is 13.2. The van der Waals surface area contributed by atoms with Gasteiger partial charge in [0, 0.05) is 21.1 Å². The van der Waals surface area contributed by atoms with Crippen LogP contribution in [0.2, 0.25) is 0 Å². The Labute approximate surface area is 109 Å². The second kappa shape index (κ2) is 8.46. The zero-order valence-corrected chi connectivity index (χ0v) is 12.8. The highest BCUT2D eigenvalue weighted by Gasteiger charge is 2.31. The van der Waals surface area contributed by atoms with Crippen molar-refractivity contribution in [1.29, 1.82) is 0 Å². The van der Waals surface area contributed by atoms with Gasteiger partial charge in [0.1, 0.15) is 5.44 Å². The SMILES string of the molecule is CCCC/C(CC)=C(/NC(C)=O)P(=O)(OC)OC. The van der Waals surface area contributed by atoms with Crippen LogP contribution in [0.15, 0.2) is 11.0 Å². The summed E-state index contributed by atoms with van der Waals surface area (Å²) in [5.74, 6) is -0.276. The predicted octanol–water partition coefficient (Wildman–Crippen LogP) is 3.42. The molecule has 0 saturated heterocycles. The van der Waals surface area contributed by atoms with Gasteiger partial charge in [-0.1, -0.05) is 20.3 Å². The Morgan fingerprint density at radius 1 is 1.22 bits per heavy atom. The third kappa shape index (κ3) is 4.92. The molecule has 106 valence electrons. The van der Waals surface area contributed by atoms with E-state index in [-0.39, 0.29) is 5.91 Å². The second-order valence-electron chi connectivity index (χ2n) is 3.95. The predicted molar refractivity (Wildman–Crippen MR) is 72.3 cm³/mol. The molecular weight excluding hydrogens is 253 g/mol. The molecule has 0 aromatic rings. The maximum Gasteiger partial charge on any atom is 0.376 e. The fourth-order valence-corrected chi connectivity index (χ4v) is 3.09. The summed E-state index contributed by atoms with van der Waals surface area (Å²) in [7, 11) is -0.773. The van der Waals surface area contributed by atoms with Crippen molar-refractivity contribution >= 4 is 13.5 Å². The molecule has 0 aromatic carbocycles. The highest BCUT2D eigenvalue weighted by Crippen LogP contribution is 2.55. The lowest BCUT2D eigenvalue weighted by Gasteiger charge is -2.21. The molecule has 6 heteroatoms. The van der Waals surface area contributed by atoms with Gasteiger partial charge in [-0.3, -0.25) is 9.36 Å². The van der Waals surface area contributed by atoms with Crippen molar-refractivity contribution in [2.75, 3.05) is 14.2 Å². The molecule has 0 aliphatic rings. The van der Waals surface area contributed by atoms with Crippen molar-refractivity contribution in [1.82, 2.24) is 5.32 Å². The van der Waals surface area contributed by atoms with Gasteiger partial charge in [-0.05, 0) is 24.8 Å². The molecular formula is C12H24NO4P. The number of carbonyl (C=O) groups excluding carboxylic acids is 1. The first-order chi connectivity index (χ1) is 8.45. The first kappa shape index (κ1) is 17.4. The minimum atomic E-state index is -3.41. The molecule has 0 saturated carbocycles. The number of allylic oxidation sites excluding steroid dienone is 1. The third-order valence-corrected chi connectivity index (χ3v) is 4.58. The Morgan fingerprint density at radius 3 is 2.11 bits per heavy atom. The smallest absolute Gasteiger partial charge is 0.320 e. The van der Waals surface area contributed by atoms with Crippen LogP contribution in [0.25, 0.3) is 0 Å². The monoisotopic (exact) mass is 277 g/mol. The molecule has 0 atom stereocenters. The molecule has 0 aromatic heterocycles. The Kier molecular flexibility index (Phi) is 8.16. The van der Waals surface area contributed by atoms with Gasteiger partial charge in [0.05, 0.1) is 0 Å². The van der Waals surface area contributed by atoms with Crippen LogP contribution < -0.4 is 5.32 Å². The minimum absolute atomic E-state index is 0.276. The number of hydrogen-bond acceptors (Lipinski definition) is 4. The molecule has 18 heavy (non-hydrogen) atoms. The summed E-state index contributed by atoms with van der Waals surface area (Å²) in [6, 6.07) is 0. The molecule has 1 N–H and O–H groups in total. The summed E-state index contributed by atoms with van der Waals surface area (Å²) < 4.78 is 22.4. The molecule has 1 amide bonds. The average molecular weight is 277 g/mol. The molecule has 0 bridgehead atoms. The van der Waals surface area contributed by atoms with E-state index in [9.17, 15) is 9.36 Å². The van der Waals surface area contributed by atoms with Crippen LogP contribution >= 0.6 is 7.60 Å². The standard InChI is InChI=1S/C12H24NO4P/c1-6-8-9-11(7-2)12(13-10(3)14)18(15,16-4)17-5/h6-9H2,1-5H3,(H,13,14)/b12-11-. The van der Waals surface area contributed by atoms with Crippen LogP contribution in [-0.2, 0) is 18.4 Å². The van der Waals surface area contributed by atoms with E-state index in [2.05, 4.69) is 12.2 Å². The van der Waals surface area contributed by atoms with Crippen molar-refractivity contribution < 1.29 is 18.4 Å². The topological polar surface area (TPSA) is 64.6 Å². The van der Waals surface area contributed by atoms with Crippen LogP contribution in [-0.4, -0.2) is 20.1 Å². The van der Waals surface area contributed by atoms with Gasteiger partial charge in [0.25, 0.3) is 0 Å². The molecule has 0 spiro atoms. The molecule has 0 unspecified atom stereocenters. The first-order valence-electron chi connectivity index (χ1n) is 6.16. The fraction of sp³-hybridized carbons (Fsp3) is 0.750. The average Bonchev–Trinajstić information content (AvgIpc) is 2.36. The zero-order chi connectivity index (χ0) is 14.2. The summed E-state index contributed by atoms with van der Waals surface area (Å²) in [6.45, 7) is 5.42. The van der Waals surface area contributed by atoms with Gasteiger partial charge in [0.2, 0.25) is 5.91 Å². The highest BCUT2D eigenvalue weighted by molar-refractivity contribution is 7.58. The summed E-state index contributed by atoms with van der Waals surface area (Å²) in [4.78, 5) is 11.2. The van der Waals surface area contributed by atoms with Gasteiger partial charge in [-0.2, -0.15) is 0 Å². The van der Waals surface area contributed by atoms with Crippen molar-refractivity contribution in [2.45, 2.75) is 46.5 Å². The molecule has 0 rings (SSSR count). The lowest BCUT2D eigenvalue weighted by atomic mass is 10.1. The maximum absolute atomic E-state index is 12.4. The summed E-state index contributed by atoms with van der Waals surface area (Å²) in [5, 5.41) is 2.61. The van der Waals surface area contributed by atoms with E-state index in [1.54, 1.807) is 0 Å². The van der Waals surface area contributed by atoms with E-state index in [1.165, 1.54) is 21.1 Å². The third-order valence-electron chi connectivity index (χ3n) is 2.64. The number of amides is 1. The summed E-state index contributed by atoms with van der Waals surface area (Å²) >= 11 is 0. The Balaban J connectivity index is 5.46. The number of carbonyl (C=O) groups is 1. The molecule has 0 heterocycles. The number of hydrogen-bond donors (Lipinski definition) is 1. The lowest BCUT2D eigenvalue weighted by molar-refractivity contribution is -0.118. The maximum atomic E-state index is 12.4. The van der Waals surface area contributed by atoms with E-state index in [0.29, 0.717) is 11.9 Å². The number of nitrogens with one attached hydrogen (secondary N) is 1. The van der Waals surface area contributed by atoms with E-state index in [1.807, 2.05) is 6.92 Å². The van der Waals surface area contributed by atoms with Gasteiger partial charge < -0.3 is 14.4 Å². The van der Waals surface area contributed by atoms with Gasteiger partial charge in [-0.25, -0.2) is 0 Å². The summed E-state index contributed by atoms with van der Waals surface area (Å²) in [5.41, 5.74) is 1.22. The zero-order valence-electron chi connectivity index (χ0n) is 11.9. The van der Waals surface area contributed by atoms with Crippen molar-refractivity contribution in [3.8, 4) is 0 Å². The van der Waals surface area contributed by atoms with E-state index in [0.717, 1.165) is 24.8 Å². The lowest BCUT2D eigenvalue weighted by Crippen LogP contribution is -2.22. The Morgan fingerprint density at radius 2 is 1.78 bits per heavy atom. The Bertz CT molecular complexity index is 344.